The summed E-state index contributed by atoms with van der Waals surface area (Å²) < 4.78 is 61.5. The van der Waals surface area contributed by atoms with Crippen LogP contribution in [0.1, 0.15) is 28.8 Å². The number of methoxy groups -OCH3 is 1. The Kier molecular flexibility index (Phi) is 4.65. The summed E-state index contributed by atoms with van der Waals surface area (Å²) in [5.74, 6) is -1.24. The van der Waals surface area contributed by atoms with E-state index in [1.165, 1.54) is 30.3 Å². The van der Waals surface area contributed by atoms with Gasteiger partial charge in [-0.2, -0.15) is 13.2 Å². The summed E-state index contributed by atoms with van der Waals surface area (Å²) in [4.78, 5) is 11.6. The van der Waals surface area contributed by atoms with E-state index >= 15 is 0 Å². The summed E-state index contributed by atoms with van der Waals surface area (Å²) in [6, 6.07) is 6.14. The summed E-state index contributed by atoms with van der Waals surface area (Å²) in [6.45, 7) is 0.607. The monoisotopic (exact) mass is 409 g/mol. The quantitative estimate of drug-likeness (QED) is 0.600. The summed E-state index contributed by atoms with van der Waals surface area (Å²) >= 11 is 0. The number of nitrogens with zero attached hydrogens (tertiary/aromatic N) is 2. The third-order valence-electron chi connectivity index (χ3n) is 5.16. The van der Waals surface area contributed by atoms with Gasteiger partial charge in [0.05, 0.1) is 29.6 Å². The maximum atomic E-state index is 14.7. The van der Waals surface area contributed by atoms with Gasteiger partial charge >= 0.3 is 12.1 Å². The molecular weight excluding hydrogens is 390 g/mol. The van der Waals surface area contributed by atoms with E-state index in [9.17, 15) is 22.4 Å². The van der Waals surface area contributed by atoms with Gasteiger partial charge in [-0.25, -0.2) is 9.18 Å². The van der Waals surface area contributed by atoms with Crippen molar-refractivity contribution in [2.24, 2.45) is 5.92 Å². The Balaban J connectivity index is 1.85. The minimum Gasteiger partial charge on any atom is -0.465 e. The molecule has 1 N–H and O–H groups in total. The number of fused-ring (bicyclic) bond motifs is 1. The molecular formula is C20H19F4N3O2. The summed E-state index contributed by atoms with van der Waals surface area (Å²) in [6.07, 6.45) is -2.60. The first kappa shape index (κ1) is 19.5. The van der Waals surface area contributed by atoms with Crippen molar-refractivity contribution in [2.45, 2.75) is 19.0 Å². The van der Waals surface area contributed by atoms with Gasteiger partial charge in [0.1, 0.15) is 5.82 Å². The molecule has 0 amide bonds. The molecule has 154 valence electrons. The summed E-state index contributed by atoms with van der Waals surface area (Å²) in [5.41, 5.74) is 1.78. The van der Waals surface area contributed by atoms with Crippen LogP contribution in [0.4, 0.5) is 28.9 Å². The second-order valence-electron chi connectivity index (χ2n) is 7.25. The molecule has 4 rings (SSSR count). The van der Waals surface area contributed by atoms with Crippen molar-refractivity contribution in [1.82, 2.24) is 5.53 Å². The smallest absolute Gasteiger partial charge is 0.419 e. The predicted molar refractivity (Wildman–Crippen MR) is 99.8 cm³/mol. The number of hydrogen-bond donors (Lipinski definition) is 1. The van der Waals surface area contributed by atoms with Crippen molar-refractivity contribution in [3.05, 3.63) is 47.3 Å². The van der Waals surface area contributed by atoms with E-state index in [1.807, 2.05) is 0 Å². The third kappa shape index (κ3) is 3.50. The number of alkyl halides is 3. The number of nitrogens with one attached hydrogen (secondary N) is 1. The Bertz CT molecular complexity index is 973. The lowest BCUT2D eigenvalue weighted by Gasteiger charge is -2.20. The van der Waals surface area contributed by atoms with Crippen molar-refractivity contribution >= 4 is 17.3 Å². The highest BCUT2D eigenvalue weighted by atomic mass is 19.4. The molecule has 0 spiro atoms. The SMILES string of the molecule is COC(=O)c1ccc(-c2ccc3c(c2C(F)(F)F)N(C)NN3CC2CC2)c(F)c1. The lowest BCUT2D eigenvalue weighted by atomic mass is 9.95. The molecule has 1 aliphatic carbocycles. The minimum absolute atomic E-state index is 0.0490. The number of anilines is 2. The standard InChI is InChI=1S/C20H19F4N3O2/c1-26-18-16(27(25-26)10-11-3-4-11)8-7-14(17(18)20(22,23)24)13-6-5-12(9-15(13)21)19(28)29-2/h5-9,11,25H,3-4,10H2,1-2H3. The lowest BCUT2D eigenvalue weighted by Crippen LogP contribution is -2.43. The van der Waals surface area contributed by atoms with E-state index in [0.29, 0.717) is 18.2 Å². The first-order valence-corrected chi connectivity index (χ1v) is 9.10. The van der Waals surface area contributed by atoms with Crippen molar-refractivity contribution in [3.63, 3.8) is 0 Å². The molecule has 29 heavy (non-hydrogen) atoms. The predicted octanol–water partition coefficient (Wildman–Crippen LogP) is 4.38. The molecule has 9 heteroatoms. The van der Waals surface area contributed by atoms with E-state index < -0.39 is 23.5 Å². The number of benzene rings is 2. The molecule has 1 heterocycles. The molecule has 0 saturated heterocycles. The van der Waals surface area contributed by atoms with Crippen LogP contribution in [0.15, 0.2) is 30.3 Å². The van der Waals surface area contributed by atoms with Gasteiger partial charge in [0.25, 0.3) is 0 Å². The minimum atomic E-state index is -4.71. The number of rotatable bonds is 4. The fraction of sp³-hybridized carbons (Fsp3) is 0.350. The van der Waals surface area contributed by atoms with Gasteiger partial charge in [0.15, 0.2) is 0 Å². The van der Waals surface area contributed by atoms with Gasteiger partial charge in [-0.1, -0.05) is 12.1 Å². The topological polar surface area (TPSA) is 44.8 Å². The van der Waals surface area contributed by atoms with Gasteiger partial charge in [0.2, 0.25) is 0 Å². The van der Waals surface area contributed by atoms with Crippen molar-refractivity contribution in [1.29, 1.82) is 0 Å². The van der Waals surface area contributed by atoms with Crippen LogP contribution in [-0.4, -0.2) is 26.7 Å². The van der Waals surface area contributed by atoms with E-state index in [4.69, 9.17) is 0 Å². The number of hydrazine groups is 2. The zero-order chi connectivity index (χ0) is 20.9. The van der Waals surface area contributed by atoms with Crippen LogP contribution in [0.5, 0.6) is 0 Å². The number of ether oxygens (including phenoxy) is 1. The Morgan fingerprint density at radius 3 is 2.48 bits per heavy atom. The zero-order valence-electron chi connectivity index (χ0n) is 15.8. The highest BCUT2D eigenvalue weighted by molar-refractivity contribution is 5.91. The first-order chi connectivity index (χ1) is 13.7. The van der Waals surface area contributed by atoms with Crippen LogP contribution in [0, 0.1) is 11.7 Å². The van der Waals surface area contributed by atoms with Crippen molar-refractivity contribution in [3.8, 4) is 11.1 Å². The Hall–Kier alpha value is -2.81. The van der Waals surface area contributed by atoms with Crippen LogP contribution in [0.3, 0.4) is 0 Å². The second-order valence-corrected chi connectivity index (χ2v) is 7.25. The van der Waals surface area contributed by atoms with Gasteiger partial charge in [-0.15, -0.1) is 5.53 Å². The number of esters is 1. The normalized spacial score (nSPS) is 16.2. The molecule has 2 aromatic carbocycles. The van der Waals surface area contributed by atoms with Gasteiger partial charge < -0.3 is 4.74 Å². The zero-order valence-corrected chi connectivity index (χ0v) is 15.8. The van der Waals surface area contributed by atoms with Crippen LogP contribution in [0.25, 0.3) is 11.1 Å². The average Bonchev–Trinajstić information content (AvgIpc) is 3.43. The van der Waals surface area contributed by atoms with Crippen LogP contribution < -0.4 is 15.6 Å². The highest BCUT2D eigenvalue weighted by Gasteiger charge is 2.43. The number of halogens is 4. The molecule has 0 aromatic heterocycles. The van der Waals surface area contributed by atoms with E-state index in [2.05, 4.69) is 10.3 Å². The maximum absolute atomic E-state index is 14.7. The fourth-order valence-electron chi connectivity index (χ4n) is 3.61. The van der Waals surface area contributed by atoms with Gasteiger partial charge in [-0.3, -0.25) is 10.0 Å². The number of hydrogen-bond acceptors (Lipinski definition) is 5. The molecule has 0 atom stereocenters. The molecule has 1 aliphatic heterocycles. The highest BCUT2D eigenvalue weighted by Crippen LogP contribution is 2.49. The maximum Gasteiger partial charge on any atom is 0.419 e. The van der Waals surface area contributed by atoms with Crippen LogP contribution in [-0.2, 0) is 10.9 Å². The fourth-order valence-corrected chi connectivity index (χ4v) is 3.61. The molecule has 0 unspecified atom stereocenters. The first-order valence-electron chi connectivity index (χ1n) is 9.10. The molecule has 1 fully saturated rings. The van der Waals surface area contributed by atoms with Crippen LogP contribution in [0.2, 0.25) is 0 Å². The molecule has 0 bridgehead atoms. The summed E-state index contributed by atoms with van der Waals surface area (Å²) in [7, 11) is 2.65. The van der Waals surface area contributed by atoms with E-state index in [-0.39, 0.29) is 22.4 Å². The number of carbonyl (C=O) groups excluding carboxylic acids is 1. The largest absolute Gasteiger partial charge is 0.465 e. The average molecular weight is 409 g/mol. The molecule has 0 radical (unpaired) electrons. The molecule has 2 aliphatic rings. The second kappa shape index (κ2) is 6.91. The Morgan fingerprint density at radius 1 is 1.21 bits per heavy atom. The van der Waals surface area contributed by atoms with E-state index in [0.717, 1.165) is 26.0 Å². The molecule has 2 aromatic rings. The Morgan fingerprint density at radius 2 is 1.90 bits per heavy atom. The lowest BCUT2D eigenvalue weighted by molar-refractivity contribution is -0.136. The Labute approximate surface area is 164 Å². The van der Waals surface area contributed by atoms with E-state index in [1.54, 1.807) is 11.1 Å². The van der Waals surface area contributed by atoms with Crippen LogP contribution >= 0.6 is 0 Å². The van der Waals surface area contributed by atoms with Gasteiger partial charge in [-0.05, 0) is 42.5 Å². The number of carbonyl (C=O) groups is 1. The van der Waals surface area contributed by atoms with Crippen molar-refractivity contribution in [2.75, 3.05) is 30.7 Å². The third-order valence-corrected chi connectivity index (χ3v) is 5.16. The van der Waals surface area contributed by atoms with Gasteiger partial charge in [0, 0.05) is 19.2 Å². The summed E-state index contributed by atoms with van der Waals surface area (Å²) in [5, 5.41) is 3.01. The molecule has 1 saturated carbocycles. The van der Waals surface area contributed by atoms with Crippen molar-refractivity contribution < 1.29 is 27.1 Å². The molecule has 5 nitrogen and oxygen atoms in total.